The summed E-state index contributed by atoms with van der Waals surface area (Å²) in [6.07, 6.45) is -0.0515. The second-order valence-corrected chi connectivity index (χ2v) is 6.08. The number of esters is 1. The lowest BCUT2D eigenvalue weighted by Gasteiger charge is -2.54. The third-order valence-electron chi connectivity index (χ3n) is 3.81. The molecule has 0 aromatic heterocycles. The number of hydrogen-bond donors (Lipinski definition) is 1. The molecule has 98 valence electrons. The number of ether oxygens (including phenoxy) is 1. The average molecular weight is 266 g/mol. The van der Waals surface area contributed by atoms with Crippen LogP contribution in [0.2, 0.25) is 0 Å². The molecule has 3 nitrogen and oxygen atoms in total. The van der Waals surface area contributed by atoms with Crippen LogP contribution in [0.5, 0.6) is 0 Å². The van der Waals surface area contributed by atoms with Crippen LogP contribution in [0, 0.1) is 5.41 Å². The standard InChI is InChI=1S/C11H16F2O3S/c1-16-8(14)9(5-11(12,13)6-9)10(15)3-2-4-17-7-10/h15H,2-7H2,1H3. The fraction of sp³-hybridized carbons (Fsp3) is 0.909. The van der Waals surface area contributed by atoms with Crippen molar-refractivity contribution in [1.82, 2.24) is 0 Å². The highest BCUT2D eigenvalue weighted by atomic mass is 32.2. The van der Waals surface area contributed by atoms with Gasteiger partial charge < -0.3 is 9.84 Å². The third-order valence-corrected chi connectivity index (χ3v) is 5.07. The first-order chi connectivity index (χ1) is 7.85. The van der Waals surface area contributed by atoms with Crippen molar-refractivity contribution in [2.24, 2.45) is 5.41 Å². The molecule has 1 aliphatic heterocycles. The fourth-order valence-corrected chi connectivity index (χ4v) is 4.10. The zero-order valence-corrected chi connectivity index (χ0v) is 10.5. The zero-order chi connectivity index (χ0) is 12.7. The van der Waals surface area contributed by atoms with E-state index in [-0.39, 0.29) is 0 Å². The summed E-state index contributed by atoms with van der Waals surface area (Å²) in [6, 6.07) is 0. The Balaban J connectivity index is 2.25. The number of halogens is 2. The maximum absolute atomic E-state index is 13.1. The van der Waals surface area contributed by atoms with E-state index in [1.54, 1.807) is 0 Å². The van der Waals surface area contributed by atoms with Crippen molar-refractivity contribution >= 4 is 17.7 Å². The molecule has 0 bridgehead atoms. The van der Waals surface area contributed by atoms with Gasteiger partial charge in [0.1, 0.15) is 5.41 Å². The van der Waals surface area contributed by atoms with Crippen LogP contribution < -0.4 is 0 Å². The number of thioether (sulfide) groups is 1. The zero-order valence-electron chi connectivity index (χ0n) is 9.67. The molecule has 1 saturated heterocycles. The Labute approximate surface area is 103 Å². The highest BCUT2D eigenvalue weighted by molar-refractivity contribution is 7.99. The molecule has 0 spiro atoms. The molecular formula is C11H16F2O3S. The largest absolute Gasteiger partial charge is 0.469 e. The van der Waals surface area contributed by atoms with Gasteiger partial charge in [-0.15, -0.1) is 0 Å². The lowest BCUT2D eigenvalue weighted by molar-refractivity contribution is -0.242. The maximum atomic E-state index is 13.1. The van der Waals surface area contributed by atoms with E-state index in [9.17, 15) is 18.7 Å². The van der Waals surface area contributed by atoms with Crippen LogP contribution in [0.3, 0.4) is 0 Å². The van der Waals surface area contributed by atoms with Crippen LogP contribution in [0.1, 0.15) is 25.7 Å². The number of methoxy groups -OCH3 is 1. The minimum Gasteiger partial charge on any atom is -0.469 e. The first-order valence-corrected chi connectivity index (χ1v) is 6.77. The summed E-state index contributed by atoms with van der Waals surface area (Å²) >= 11 is 1.50. The minimum absolute atomic E-state index is 0.332. The van der Waals surface area contributed by atoms with Gasteiger partial charge in [-0.2, -0.15) is 11.8 Å². The van der Waals surface area contributed by atoms with Gasteiger partial charge in [0.05, 0.1) is 12.7 Å². The van der Waals surface area contributed by atoms with Gasteiger partial charge in [-0.1, -0.05) is 0 Å². The molecule has 1 N–H and O–H groups in total. The number of aliphatic hydroxyl groups is 1. The van der Waals surface area contributed by atoms with E-state index >= 15 is 0 Å². The first kappa shape index (κ1) is 13.1. The molecule has 1 atom stereocenters. The van der Waals surface area contributed by atoms with Gasteiger partial charge in [0, 0.05) is 18.6 Å². The average Bonchev–Trinajstić information content (AvgIpc) is 2.25. The molecular weight excluding hydrogens is 250 g/mol. The van der Waals surface area contributed by atoms with Crippen LogP contribution >= 0.6 is 11.8 Å². The third kappa shape index (κ3) is 1.95. The molecule has 17 heavy (non-hydrogen) atoms. The lowest BCUT2D eigenvalue weighted by atomic mass is 9.56. The molecule has 0 aromatic rings. The van der Waals surface area contributed by atoms with Gasteiger partial charge >= 0.3 is 5.97 Å². The smallest absolute Gasteiger partial charge is 0.315 e. The summed E-state index contributed by atoms with van der Waals surface area (Å²) in [4.78, 5) is 11.8. The normalized spacial score (nSPS) is 34.8. The van der Waals surface area contributed by atoms with E-state index < -0.39 is 35.7 Å². The van der Waals surface area contributed by atoms with Gasteiger partial charge in [0.2, 0.25) is 0 Å². The highest BCUT2D eigenvalue weighted by Gasteiger charge is 2.70. The van der Waals surface area contributed by atoms with Gasteiger partial charge in [-0.3, -0.25) is 4.79 Å². The summed E-state index contributed by atoms with van der Waals surface area (Å²) in [5, 5.41) is 10.5. The van der Waals surface area contributed by atoms with Crippen molar-refractivity contribution in [2.75, 3.05) is 18.6 Å². The predicted octanol–water partition coefficient (Wildman–Crippen LogP) is 1.83. The molecule has 1 saturated carbocycles. The molecule has 6 heteroatoms. The molecule has 2 aliphatic rings. The Morgan fingerprint density at radius 3 is 2.47 bits per heavy atom. The van der Waals surface area contributed by atoms with E-state index in [0.29, 0.717) is 12.2 Å². The van der Waals surface area contributed by atoms with Gasteiger partial charge in [0.15, 0.2) is 0 Å². The van der Waals surface area contributed by atoms with E-state index in [1.165, 1.54) is 18.9 Å². The van der Waals surface area contributed by atoms with E-state index in [4.69, 9.17) is 0 Å². The fourth-order valence-electron chi connectivity index (χ4n) is 2.85. The topological polar surface area (TPSA) is 46.5 Å². The molecule has 1 aliphatic carbocycles. The summed E-state index contributed by atoms with van der Waals surface area (Å²) < 4.78 is 30.9. The molecule has 0 amide bonds. The molecule has 0 radical (unpaired) electrons. The van der Waals surface area contributed by atoms with Crippen molar-refractivity contribution in [1.29, 1.82) is 0 Å². The maximum Gasteiger partial charge on any atom is 0.315 e. The van der Waals surface area contributed by atoms with Crippen molar-refractivity contribution in [3.63, 3.8) is 0 Å². The second kappa shape index (κ2) is 4.09. The number of carbonyl (C=O) groups is 1. The summed E-state index contributed by atoms with van der Waals surface area (Å²) in [5.41, 5.74) is -2.75. The number of rotatable bonds is 2. The molecule has 1 unspecified atom stereocenters. The Hall–Kier alpha value is -0.360. The van der Waals surface area contributed by atoms with Crippen LogP contribution in [-0.4, -0.2) is 41.2 Å². The minimum atomic E-state index is -2.86. The first-order valence-electron chi connectivity index (χ1n) is 5.62. The Morgan fingerprint density at radius 1 is 1.41 bits per heavy atom. The summed E-state index contributed by atoms with van der Waals surface area (Å²) in [5.74, 6) is -2.33. The molecule has 1 heterocycles. The number of carbonyl (C=O) groups excluding carboxylic acids is 1. The highest BCUT2D eigenvalue weighted by Crippen LogP contribution is 2.60. The van der Waals surface area contributed by atoms with Gasteiger partial charge in [-0.25, -0.2) is 8.78 Å². The van der Waals surface area contributed by atoms with Crippen molar-refractivity contribution in [3.8, 4) is 0 Å². The second-order valence-electron chi connectivity index (χ2n) is 4.97. The van der Waals surface area contributed by atoms with Gasteiger partial charge in [-0.05, 0) is 18.6 Å². The molecule has 2 rings (SSSR count). The SMILES string of the molecule is COC(=O)C1(C2(O)CCCSC2)CC(F)(F)C1. The number of alkyl halides is 2. The van der Waals surface area contributed by atoms with Crippen LogP contribution in [0.4, 0.5) is 8.78 Å². The van der Waals surface area contributed by atoms with Crippen molar-refractivity contribution < 1.29 is 23.4 Å². The molecule has 0 aromatic carbocycles. The van der Waals surface area contributed by atoms with Crippen LogP contribution in [0.25, 0.3) is 0 Å². The van der Waals surface area contributed by atoms with Crippen LogP contribution in [0.15, 0.2) is 0 Å². The summed E-state index contributed by atoms with van der Waals surface area (Å²) in [7, 11) is 1.18. The van der Waals surface area contributed by atoms with Crippen molar-refractivity contribution in [2.45, 2.75) is 37.2 Å². The summed E-state index contributed by atoms with van der Waals surface area (Å²) in [6.45, 7) is 0. The number of hydrogen-bond acceptors (Lipinski definition) is 4. The van der Waals surface area contributed by atoms with E-state index in [1.807, 2.05) is 0 Å². The van der Waals surface area contributed by atoms with Crippen molar-refractivity contribution in [3.05, 3.63) is 0 Å². The Bertz CT molecular complexity index is 319. The lowest BCUT2D eigenvalue weighted by Crippen LogP contribution is -2.66. The van der Waals surface area contributed by atoms with E-state index in [2.05, 4.69) is 4.74 Å². The quantitative estimate of drug-likeness (QED) is 0.775. The van der Waals surface area contributed by atoms with Crippen LogP contribution in [-0.2, 0) is 9.53 Å². The van der Waals surface area contributed by atoms with E-state index in [0.717, 1.165) is 12.2 Å². The molecule has 2 fully saturated rings. The monoisotopic (exact) mass is 266 g/mol. The van der Waals surface area contributed by atoms with Gasteiger partial charge in [0.25, 0.3) is 5.92 Å². The Morgan fingerprint density at radius 2 is 2.06 bits per heavy atom. The predicted molar refractivity (Wildman–Crippen MR) is 60.1 cm³/mol. The Kier molecular flexibility index (Phi) is 3.14.